The third-order valence-corrected chi connectivity index (χ3v) is 4.16. The van der Waals surface area contributed by atoms with E-state index < -0.39 is 0 Å². The number of benzene rings is 1. The fourth-order valence-corrected chi connectivity index (χ4v) is 3.13. The van der Waals surface area contributed by atoms with Gasteiger partial charge < -0.3 is 10.0 Å². The van der Waals surface area contributed by atoms with E-state index in [-0.39, 0.29) is 0 Å². The van der Waals surface area contributed by atoms with Crippen molar-refractivity contribution in [1.29, 1.82) is 0 Å². The Hall–Kier alpha value is -0.740. The Balaban J connectivity index is 2.07. The summed E-state index contributed by atoms with van der Waals surface area (Å²) in [6.07, 6.45) is 2.45. The molecule has 1 aliphatic rings. The highest BCUT2D eigenvalue weighted by Gasteiger charge is 2.16. The number of thiocarbonyl (C=S) groups is 1. The lowest BCUT2D eigenvalue weighted by Crippen LogP contribution is -2.22. The lowest BCUT2D eigenvalue weighted by Gasteiger charge is -2.17. The van der Waals surface area contributed by atoms with Crippen LogP contribution >= 0.6 is 24.0 Å². The Morgan fingerprint density at radius 1 is 1.38 bits per heavy atom. The minimum atomic E-state index is 0.317. The van der Waals surface area contributed by atoms with Gasteiger partial charge in [-0.1, -0.05) is 30.0 Å². The van der Waals surface area contributed by atoms with Gasteiger partial charge in [-0.25, -0.2) is 0 Å². The summed E-state index contributed by atoms with van der Waals surface area (Å²) in [7, 11) is 0. The molecule has 86 valence electrons. The molecule has 1 aliphatic heterocycles. The summed E-state index contributed by atoms with van der Waals surface area (Å²) in [5.41, 5.74) is 1.14. The Labute approximate surface area is 106 Å². The molecule has 1 aromatic rings. The monoisotopic (exact) mass is 253 g/mol. The first-order valence-corrected chi connectivity index (χ1v) is 6.65. The minimum Gasteiger partial charge on any atom is -0.507 e. The lowest BCUT2D eigenvalue weighted by molar-refractivity contribution is 0.462. The first kappa shape index (κ1) is 11.7. The Kier molecular flexibility index (Phi) is 3.71. The summed E-state index contributed by atoms with van der Waals surface area (Å²) in [6, 6.07) is 5.60. The van der Waals surface area contributed by atoms with Gasteiger partial charge in [0.25, 0.3) is 0 Å². The topological polar surface area (TPSA) is 23.5 Å². The van der Waals surface area contributed by atoms with Crippen molar-refractivity contribution >= 4 is 28.3 Å². The van der Waals surface area contributed by atoms with E-state index in [2.05, 4.69) is 4.90 Å². The van der Waals surface area contributed by atoms with Crippen molar-refractivity contribution in [3.8, 4) is 5.75 Å². The number of phenolic OH excluding ortho intramolecular Hbond substituents is 1. The molecule has 0 atom stereocenters. The van der Waals surface area contributed by atoms with Crippen LogP contribution in [0.15, 0.2) is 23.1 Å². The van der Waals surface area contributed by atoms with Gasteiger partial charge in [0.1, 0.15) is 10.1 Å². The number of hydrogen-bond donors (Lipinski definition) is 1. The van der Waals surface area contributed by atoms with E-state index in [1.54, 1.807) is 6.07 Å². The van der Waals surface area contributed by atoms with Crippen molar-refractivity contribution in [3.63, 3.8) is 0 Å². The van der Waals surface area contributed by atoms with Gasteiger partial charge in [0, 0.05) is 13.1 Å². The van der Waals surface area contributed by atoms with E-state index in [9.17, 15) is 5.11 Å². The molecule has 4 heteroatoms. The number of thioether (sulfide) groups is 1. The van der Waals surface area contributed by atoms with E-state index in [1.807, 2.05) is 19.1 Å². The molecule has 1 heterocycles. The predicted molar refractivity (Wildman–Crippen MR) is 72.1 cm³/mol. The second-order valence-electron chi connectivity index (χ2n) is 4.03. The Bertz CT molecular complexity index is 400. The number of phenols is 1. The third-order valence-electron chi connectivity index (χ3n) is 2.68. The highest BCUT2D eigenvalue weighted by molar-refractivity contribution is 8.23. The van der Waals surface area contributed by atoms with Crippen LogP contribution in [-0.4, -0.2) is 27.4 Å². The molecule has 1 saturated heterocycles. The summed E-state index contributed by atoms with van der Waals surface area (Å²) in [5.74, 6) is 0.317. The summed E-state index contributed by atoms with van der Waals surface area (Å²) < 4.78 is 0.874. The van der Waals surface area contributed by atoms with Crippen LogP contribution in [0.3, 0.4) is 0 Å². The molecule has 1 aromatic carbocycles. The average molecular weight is 253 g/mol. The Morgan fingerprint density at radius 2 is 2.06 bits per heavy atom. The highest BCUT2D eigenvalue weighted by Crippen LogP contribution is 2.32. The molecule has 0 spiro atoms. The molecule has 0 amide bonds. The lowest BCUT2D eigenvalue weighted by atomic mass is 10.2. The maximum atomic E-state index is 9.73. The first-order valence-electron chi connectivity index (χ1n) is 5.43. The van der Waals surface area contributed by atoms with E-state index in [4.69, 9.17) is 12.2 Å². The standard InChI is InChI=1S/C12H15NOS2/c1-9-4-5-10(14)11(8-9)16-12(15)13-6-2-3-7-13/h4-5,8,14H,2-3,6-7H2,1H3. The fraction of sp³-hybridized carbons (Fsp3) is 0.417. The maximum absolute atomic E-state index is 9.73. The van der Waals surface area contributed by atoms with E-state index in [0.29, 0.717) is 5.75 Å². The van der Waals surface area contributed by atoms with Crippen molar-refractivity contribution < 1.29 is 5.11 Å². The fourth-order valence-electron chi connectivity index (χ4n) is 1.76. The average Bonchev–Trinajstić information content (AvgIpc) is 2.76. The molecule has 0 saturated carbocycles. The molecule has 2 rings (SSSR count). The van der Waals surface area contributed by atoms with Gasteiger partial charge in [0.05, 0.1) is 4.90 Å². The molecular formula is C12H15NOS2. The van der Waals surface area contributed by atoms with Gasteiger partial charge >= 0.3 is 0 Å². The van der Waals surface area contributed by atoms with Gasteiger partial charge in [-0.05, 0) is 37.5 Å². The molecule has 1 fully saturated rings. The number of aryl methyl sites for hydroxylation is 1. The molecule has 0 bridgehead atoms. The van der Waals surface area contributed by atoms with Crippen molar-refractivity contribution in [1.82, 2.24) is 4.90 Å². The number of hydrogen-bond acceptors (Lipinski definition) is 3. The summed E-state index contributed by atoms with van der Waals surface area (Å²) in [6.45, 7) is 4.12. The molecule has 0 aliphatic carbocycles. The molecular weight excluding hydrogens is 238 g/mol. The van der Waals surface area contributed by atoms with Crippen LogP contribution in [0.4, 0.5) is 0 Å². The quantitative estimate of drug-likeness (QED) is 0.613. The third kappa shape index (κ3) is 2.68. The molecule has 0 aromatic heterocycles. The summed E-state index contributed by atoms with van der Waals surface area (Å²) in [5, 5.41) is 9.73. The van der Waals surface area contributed by atoms with Crippen LogP contribution in [0.1, 0.15) is 18.4 Å². The SMILES string of the molecule is Cc1ccc(O)c(SC(=S)N2CCCC2)c1. The van der Waals surface area contributed by atoms with Crippen LogP contribution < -0.4 is 0 Å². The maximum Gasteiger partial charge on any atom is 0.141 e. The van der Waals surface area contributed by atoms with Crippen molar-refractivity contribution in [2.24, 2.45) is 0 Å². The number of likely N-dealkylation sites (tertiary alicyclic amines) is 1. The van der Waals surface area contributed by atoms with Gasteiger partial charge in [-0.15, -0.1) is 0 Å². The van der Waals surface area contributed by atoms with E-state index >= 15 is 0 Å². The largest absolute Gasteiger partial charge is 0.507 e. The highest BCUT2D eigenvalue weighted by atomic mass is 32.2. The molecule has 0 unspecified atom stereocenters. The van der Waals surface area contributed by atoms with Crippen LogP contribution in [-0.2, 0) is 0 Å². The second-order valence-corrected chi connectivity index (χ2v) is 5.71. The number of aromatic hydroxyl groups is 1. The van der Waals surface area contributed by atoms with Crippen molar-refractivity contribution in [2.45, 2.75) is 24.7 Å². The van der Waals surface area contributed by atoms with Crippen LogP contribution in [0.2, 0.25) is 0 Å². The van der Waals surface area contributed by atoms with Gasteiger partial charge in [-0.3, -0.25) is 0 Å². The summed E-state index contributed by atoms with van der Waals surface area (Å²) >= 11 is 6.87. The van der Waals surface area contributed by atoms with Crippen molar-refractivity contribution in [3.05, 3.63) is 23.8 Å². The minimum absolute atomic E-state index is 0.317. The predicted octanol–water partition coefficient (Wildman–Crippen LogP) is 3.17. The summed E-state index contributed by atoms with van der Waals surface area (Å²) in [4.78, 5) is 3.07. The van der Waals surface area contributed by atoms with Crippen LogP contribution in [0.5, 0.6) is 5.75 Å². The zero-order valence-electron chi connectivity index (χ0n) is 9.27. The molecule has 1 N–H and O–H groups in total. The van der Waals surface area contributed by atoms with Gasteiger partial charge in [-0.2, -0.15) is 0 Å². The first-order chi connectivity index (χ1) is 7.66. The van der Waals surface area contributed by atoms with Crippen LogP contribution in [0, 0.1) is 6.92 Å². The number of nitrogens with zero attached hydrogens (tertiary/aromatic N) is 1. The number of rotatable bonds is 1. The molecule has 16 heavy (non-hydrogen) atoms. The normalized spacial score (nSPS) is 15.4. The van der Waals surface area contributed by atoms with E-state index in [1.165, 1.54) is 24.6 Å². The second kappa shape index (κ2) is 5.06. The van der Waals surface area contributed by atoms with Gasteiger partial charge in [0.2, 0.25) is 0 Å². The molecule has 0 radical (unpaired) electrons. The van der Waals surface area contributed by atoms with Gasteiger partial charge in [0.15, 0.2) is 0 Å². The van der Waals surface area contributed by atoms with Crippen LogP contribution in [0.25, 0.3) is 0 Å². The smallest absolute Gasteiger partial charge is 0.141 e. The zero-order valence-corrected chi connectivity index (χ0v) is 10.9. The van der Waals surface area contributed by atoms with E-state index in [0.717, 1.165) is 27.9 Å². The Morgan fingerprint density at radius 3 is 2.75 bits per heavy atom. The zero-order chi connectivity index (χ0) is 11.5. The molecule has 2 nitrogen and oxygen atoms in total. The van der Waals surface area contributed by atoms with Crippen molar-refractivity contribution in [2.75, 3.05) is 13.1 Å².